The summed E-state index contributed by atoms with van der Waals surface area (Å²) in [5, 5.41) is 6.60. The van der Waals surface area contributed by atoms with Gasteiger partial charge in [-0.2, -0.15) is 13.2 Å². The van der Waals surface area contributed by atoms with Crippen LogP contribution < -0.4 is 10.6 Å². The van der Waals surface area contributed by atoms with Crippen LogP contribution in [-0.2, 0) is 12.6 Å². The van der Waals surface area contributed by atoms with Gasteiger partial charge in [0.05, 0.1) is 5.69 Å². The Bertz CT molecular complexity index is 1010. The van der Waals surface area contributed by atoms with Crippen molar-refractivity contribution in [3.05, 3.63) is 29.2 Å². The number of nitrogens with one attached hydrogen (secondary N) is 3. The van der Waals surface area contributed by atoms with E-state index in [1.165, 1.54) is 6.20 Å². The van der Waals surface area contributed by atoms with E-state index < -0.39 is 11.7 Å². The van der Waals surface area contributed by atoms with Crippen molar-refractivity contribution in [1.29, 1.82) is 0 Å². The minimum Gasteiger partial charge on any atom is -0.356 e. The zero-order chi connectivity index (χ0) is 22.0. The van der Waals surface area contributed by atoms with Crippen molar-refractivity contribution in [3.63, 3.8) is 0 Å². The first-order valence-electron chi connectivity index (χ1n) is 10.6. The number of piperidine rings is 1. The van der Waals surface area contributed by atoms with Gasteiger partial charge in [-0.1, -0.05) is 0 Å². The minimum absolute atomic E-state index is 0.0301. The largest absolute Gasteiger partial charge is 0.419 e. The van der Waals surface area contributed by atoms with E-state index in [2.05, 4.69) is 39.4 Å². The van der Waals surface area contributed by atoms with Crippen LogP contribution in [0.5, 0.6) is 0 Å². The molecule has 0 aliphatic carbocycles. The van der Waals surface area contributed by atoms with Gasteiger partial charge in [0.1, 0.15) is 11.3 Å². The van der Waals surface area contributed by atoms with Crippen molar-refractivity contribution in [2.75, 3.05) is 25.0 Å². The van der Waals surface area contributed by atoms with Gasteiger partial charge in [0.2, 0.25) is 5.95 Å². The lowest BCUT2D eigenvalue weighted by Gasteiger charge is -2.36. The quantitative estimate of drug-likeness (QED) is 0.691. The number of carbonyl (C=O) groups excluding carboxylic acids is 1. The Kier molecular flexibility index (Phi) is 4.55. The molecule has 31 heavy (non-hydrogen) atoms. The van der Waals surface area contributed by atoms with Gasteiger partial charge < -0.3 is 20.5 Å². The topological polar surface area (TPSA) is 85.9 Å². The number of carbonyl (C=O) groups is 1. The number of halogens is 3. The van der Waals surface area contributed by atoms with Gasteiger partial charge in [0.25, 0.3) is 5.91 Å². The number of amides is 1. The third-order valence-corrected chi connectivity index (χ3v) is 6.57. The first-order valence-corrected chi connectivity index (χ1v) is 10.6. The second-order valence-corrected chi connectivity index (χ2v) is 9.43. The lowest BCUT2D eigenvalue weighted by Crippen LogP contribution is -2.50. The molecule has 4 aliphatic heterocycles. The normalized spacial score (nSPS) is 23.2. The molecule has 4 aliphatic rings. The average Bonchev–Trinajstić information content (AvgIpc) is 2.97. The maximum Gasteiger partial charge on any atom is 0.419 e. The average molecular weight is 434 g/mol. The summed E-state index contributed by atoms with van der Waals surface area (Å²) < 4.78 is 41.4. The third-order valence-electron chi connectivity index (χ3n) is 6.57. The highest BCUT2D eigenvalue weighted by atomic mass is 19.4. The minimum atomic E-state index is -4.60. The number of anilines is 1. The lowest BCUT2D eigenvalue weighted by molar-refractivity contribution is -0.137. The van der Waals surface area contributed by atoms with E-state index >= 15 is 0 Å². The number of aromatic nitrogens is 3. The fraction of sp³-hybridized carbons (Fsp3) is 0.571. The van der Waals surface area contributed by atoms with E-state index in [1.54, 1.807) is 4.90 Å². The monoisotopic (exact) mass is 434 g/mol. The number of nitrogens with zero attached hydrogens (tertiary/aromatic N) is 3. The van der Waals surface area contributed by atoms with E-state index in [1.807, 2.05) is 0 Å². The van der Waals surface area contributed by atoms with Crippen LogP contribution in [0, 0.1) is 5.92 Å². The number of rotatable bonds is 3. The molecular formula is C21H25F3N6O. The second-order valence-electron chi connectivity index (χ2n) is 9.43. The first kappa shape index (κ1) is 20.3. The number of hydrogen-bond donors (Lipinski definition) is 3. The maximum absolute atomic E-state index is 13.8. The molecule has 6 rings (SSSR count). The third kappa shape index (κ3) is 3.66. The van der Waals surface area contributed by atoms with Crippen LogP contribution in [0.4, 0.5) is 19.1 Å². The van der Waals surface area contributed by atoms with Crippen LogP contribution in [0.15, 0.2) is 12.4 Å². The van der Waals surface area contributed by atoms with Crippen molar-refractivity contribution >= 4 is 11.9 Å². The molecule has 1 atom stereocenters. The van der Waals surface area contributed by atoms with E-state index in [0.717, 1.165) is 19.0 Å². The van der Waals surface area contributed by atoms with Gasteiger partial charge in [0.15, 0.2) is 0 Å². The number of alkyl halides is 3. The van der Waals surface area contributed by atoms with E-state index in [0.29, 0.717) is 42.9 Å². The number of aromatic amines is 1. The number of hydrogen-bond acceptors (Lipinski definition) is 5. The van der Waals surface area contributed by atoms with Gasteiger partial charge in [-0.15, -0.1) is 0 Å². The predicted molar refractivity (Wildman–Crippen MR) is 109 cm³/mol. The molecule has 2 aromatic rings. The molecular weight excluding hydrogens is 409 g/mol. The molecule has 3 N–H and O–H groups in total. The van der Waals surface area contributed by atoms with Gasteiger partial charge in [-0.05, 0) is 44.6 Å². The van der Waals surface area contributed by atoms with Crippen molar-refractivity contribution in [2.24, 2.45) is 5.92 Å². The van der Waals surface area contributed by atoms with E-state index in [-0.39, 0.29) is 35.0 Å². The molecule has 2 bridgehead atoms. The highest BCUT2D eigenvalue weighted by Gasteiger charge is 2.41. The Labute approximate surface area is 177 Å². The fourth-order valence-corrected chi connectivity index (χ4v) is 4.67. The summed E-state index contributed by atoms with van der Waals surface area (Å²) in [6, 6.07) is 0.0301. The zero-order valence-electron chi connectivity index (χ0n) is 17.4. The molecule has 0 spiro atoms. The van der Waals surface area contributed by atoms with Crippen molar-refractivity contribution < 1.29 is 18.0 Å². The SMILES string of the molecule is CC1(C)CCC(Nc2ncc(C(F)(F)F)c(-c3c[nH]c4c3CC3CN(C3)C4=O)n2)CN1. The van der Waals surface area contributed by atoms with Gasteiger partial charge in [0, 0.05) is 49.2 Å². The smallest absolute Gasteiger partial charge is 0.356 e. The fourth-order valence-electron chi connectivity index (χ4n) is 4.67. The molecule has 0 saturated carbocycles. The van der Waals surface area contributed by atoms with Gasteiger partial charge >= 0.3 is 6.18 Å². The molecule has 6 heterocycles. The molecule has 7 nitrogen and oxygen atoms in total. The Morgan fingerprint density at radius 3 is 2.74 bits per heavy atom. The molecule has 1 unspecified atom stereocenters. The summed E-state index contributed by atoms with van der Waals surface area (Å²) in [6.45, 7) is 6.22. The molecule has 0 radical (unpaired) electrons. The van der Waals surface area contributed by atoms with Crippen LogP contribution in [0.1, 0.15) is 48.3 Å². The van der Waals surface area contributed by atoms with Gasteiger partial charge in [-0.25, -0.2) is 9.97 Å². The highest BCUT2D eigenvalue weighted by molar-refractivity contribution is 5.97. The summed E-state index contributed by atoms with van der Waals surface area (Å²) in [4.78, 5) is 25.5. The molecule has 2 aromatic heterocycles. The molecule has 2 fully saturated rings. The van der Waals surface area contributed by atoms with Crippen LogP contribution in [0.2, 0.25) is 0 Å². The molecule has 166 valence electrons. The first-order chi connectivity index (χ1) is 14.6. The predicted octanol–water partition coefficient (Wildman–Crippen LogP) is 3.06. The molecule has 1 amide bonds. The second kappa shape index (κ2) is 6.94. The van der Waals surface area contributed by atoms with Crippen molar-refractivity contribution in [2.45, 2.75) is 50.9 Å². The van der Waals surface area contributed by atoms with Gasteiger partial charge in [-0.3, -0.25) is 4.79 Å². The standard InChI is InChI=1S/C21H25F3N6O/c1-20(2)4-3-12(6-27-20)28-19-26-8-15(21(22,23)24)16(29-19)14-7-25-17-13(14)5-11-9-30(10-11)18(17)31/h7-8,11-12,25,27H,3-6,9-10H2,1-2H3,(H,26,28,29). The molecule has 0 aromatic carbocycles. The van der Waals surface area contributed by atoms with Crippen molar-refractivity contribution in [3.8, 4) is 11.3 Å². The Morgan fingerprint density at radius 1 is 1.29 bits per heavy atom. The summed E-state index contributed by atoms with van der Waals surface area (Å²) in [6.07, 6.45) is 0.0678. The van der Waals surface area contributed by atoms with Crippen molar-refractivity contribution in [1.82, 2.24) is 25.2 Å². The van der Waals surface area contributed by atoms with Crippen LogP contribution in [-0.4, -0.2) is 57.0 Å². The van der Waals surface area contributed by atoms with Crippen LogP contribution >= 0.6 is 0 Å². The lowest BCUT2D eigenvalue weighted by atomic mass is 9.91. The molecule has 10 heteroatoms. The Hall–Kier alpha value is -2.62. The Morgan fingerprint density at radius 2 is 2.06 bits per heavy atom. The highest BCUT2D eigenvalue weighted by Crippen LogP contribution is 2.41. The molecule has 2 saturated heterocycles. The van der Waals surface area contributed by atoms with E-state index in [9.17, 15) is 18.0 Å². The van der Waals surface area contributed by atoms with E-state index in [4.69, 9.17) is 0 Å². The summed E-state index contributed by atoms with van der Waals surface area (Å²) >= 11 is 0. The summed E-state index contributed by atoms with van der Waals surface area (Å²) in [5.74, 6) is 0.273. The maximum atomic E-state index is 13.8. The number of H-pyrrole nitrogens is 1. The zero-order valence-corrected chi connectivity index (χ0v) is 17.4. The summed E-state index contributed by atoms with van der Waals surface area (Å²) in [5.41, 5.74) is 0.274. The Balaban J connectivity index is 1.51. The van der Waals surface area contributed by atoms with Crippen LogP contribution in [0.3, 0.4) is 0 Å². The summed E-state index contributed by atoms with van der Waals surface area (Å²) in [7, 11) is 0. The van der Waals surface area contributed by atoms with Crippen LogP contribution in [0.25, 0.3) is 11.3 Å².